The van der Waals surface area contributed by atoms with Gasteiger partial charge in [0, 0.05) is 40.6 Å². The van der Waals surface area contributed by atoms with Gasteiger partial charge in [0.15, 0.2) is 0 Å². The Morgan fingerprint density at radius 1 is 0.865 bits per heavy atom. The maximum absolute atomic E-state index is 13.1. The molecule has 2 N–H and O–H groups in total. The van der Waals surface area contributed by atoms with Crippen molar-refractivity contribution in [1.82, 2.24) is 15.0 Å². The highest BCUT2D eigenvalue weighted by Crippen LogP contribution is 2.25. The van der Waals surface area contributed by atoms with E-state index in [2.05, 4.69) is 15.0 Å². The molecule has 7 nitrogen and oxygen atoms in total. The second kappa shape index (κ2) is 12.5. The Labute approximate surface area is 219 Å². The van der Waals surface area contributed by atoms with E-state index in [1.165, 1.54) is 12.1 Å². The van der Waals surface area contributed by atoms with Crippen molar-refractivity contribution in [3.63, 3.8) is 0 Å². The van der Waals surface area contributed by atoms with Crippen LogP contribution >= 0.6 is 0 Å². The Hall–Kier alpha value is -3.73. The number of amides is 1. The summed E-state index contributed by atoms with van der Waals surface area (Å²) >= 11 is 0. The molecule has 3 aromatic carbocycles. The largest absolute Gasteiger partial charge is 0.457 e. The lowest BCUT2D eigenvalue weighted by atomic mass is 10.1. The summed E-state index contributed by atoms with van der Waals surface area (Å²) in [6.07, 6.45) is 1.56. The molecule has 0 radical (unpaired) electrons. The molecule has 4 aromatic rings. The molecule has 37 heavy (non-hydrogen) atoms. The normalized spacial score (nSPS) is 12.5. The standard InChI is InChI=1S/C27H24FN3O4S2/c1-36(33)23-4-2-5-24(18-23)37(34)30-17-16-29-27(32)26-7-3-6-25(31-26)19-8-12-21(13-9-19)35-22-14-10-20(28)11-15-22/h2-15,18,30H,16-17H2,1H3,(H,29,32). The number of carbonyl (C=O) groups excluding carboxylic acids is 1. The van der Waals surface area contributed by atoms with E-state index in [1.54, 1.807) is 73.0 Å². The van der Waals surface area contributed by atoms with Crippen LogP contribution < -0.4 is 14.8 Å². The van der Waals surface area contributed by atoms with Gasteiger partial charge in [-0.25, -0.2) is 18.3 Å². The van der Waals surface area contributed by atoms with Gasteiger partial charge in [0.25, 0.3) is 5.91 Å². The van der Waals surface area contributed by atoms with Gasteiger partial charge in [-0.05, 0) is 78.9 Å². The smallest absolute Gasteiger partial charge is 0.269 e. The summed E-state index contributed by atoms with van der Waals surface area (Å²) in [5, 5.41) is 2.76. The fourth-order valence-electron chi connectivity index (χ4n) is 3.32. The summed E-state index contributed by atoms with van der Waals surface area (Å²) in [4.78, 5) is 18.2. The van der Waals surface area contributed by atoms with Crippen molar-refractivity contribution in [2.45, 2.75) is 9.79 Å². The first-order valence-corrected chi connectivity index (χ1v) is 14.0. The average molecular weight is 538 g/mol. The lowest BCUT2D eigenvalue weighted by Crippen LogP contribution is -2.33. The van der Waals surface area contributed by atoms with Gasteiger partial charge >= 0.3 is 0 Å². The molecule has 0 aliphatic carbocycles. The Bertz CT molecular complexity index is 1430. The number of pyridine rings is 1. The van der Waals surface area contributed by atoms with Crippen molar-refractivity contribution in [3.8, 4) is 22.8 Å². The molecule has 190 valence electrons. The van der Waals surface area contributed by atoms with E-state index in [9.17, 15) is 17.6 Å². The Kier molecular flexibility index (Phi) is 8.89. The van der Waals surface area contributed by atoms with Crippen LogP contribution in [0.25, 0.3) is 11.3 Å². The first-order chi connectivity index (χ1) is 17.9. The van der Waals surface area contributed by atoms with Gasteiger partial charge in [-0.15, -0.1) is 0 Å². The van der Waals surface area contributed by atoms with Crippen molar-refractivity contribution in [3.05, 3.63) is 103 Å². The Balaban J connectivity index is 1.30. The van der Waals surface area contributed by atoms with Gasteiger partial charge in [0.2, 0.25) is 0 Å². The number of hydrogen-bond acceptors (Lipinski definition) is 5. The Morgan fingerprint density at radius 2 is 1.51 bits per heavy atom. The van der Waals surface area contributed by atoms with Crippen LogP contribution in [-0.2, 0) is 21.8 Å². The van der Waals surface area contributed by atoms with Crippen LogP contribution in [0.1, 0.15) is 10.5 Å². The predicted molar refractivity (Wildman–Crippen MR) is 142 cm³/mol. The molecule has 10 heteroatoms. The van der Waals surface area contributed by atoms with Gasteiger partial charge in [-0.3, -0.25) is 9.00 Å². The highest BCUT2D eigenvalue weighted by molar-refractivity contribution is 7.84. The van der Waals surface area contributed by atoms with Crippen molar-refractivity contribution < 1.29 is 22.3 Å². The molecule has 1 heterocycles. The molecular weight excluding hydrogens is 513 g/mol. The van der Waals surface area contributed by atoms with Crippen molar-refractivity contribution >= 4 is 27.7 Å². The predicted octanol–water partition coefficient (Wildman–Crippen LogP) is 4.46. The van der Waals surface area contributed by atoms with Crippen LogP contribution in [-0.4, -0.2) is 38.7 Å². The highest BCUT2D eigenvalue weighted by atomic mass is 32.2. The van der Waals surface area contributed by atoms with Crippen molar-refractivity contribution in [2.75, 3.05) is 19.3 Å². The van der Waals surface area contributed by atoms with Gasteiger partial charge in [-0.2, -0.15) is 0 Å². The molecule has 0 aliphatic rings. The number of carbonyl (C=O) groups is 1. The minimum atomic E-state index is -1.49. The molecule has 0 spiro atoms. The quantitative estimate of drug-likeness (QED) is 0.291. The van der Waals surface area contributed by atoms with E-state index < -0.39 is 21.8 Å². The second-order valence-corrected chi connectivity index (χ2v) is 10.5. The summed E-state index contributed by atoms with van der Waals surface area (Å²) in [5.41, 5.74) is 1.67. The fraction of sp³-hybridized carbons (Fsp3) is 0.111. The van der Waals surface area contributed by atoms with Gasteiger partial charge in [0.05, 0.1) is 10.6 Å². The molecule has 4 rings (SSSR count). The molecule has 0 fully saturated rings. The van der Waals surface area contributed by atoms with Crippen LogP contribution in [0.3, 0.4) is 0 Å². The van der Waals surface area contributed by atoms with E-state index in [0.29, 0.717) is 27.0 Å². The minimum absolute atomic E-state index is 0.241. The molecule has 2 unspecified atom stereocenters. The highest BCUT2D eigenvalue weighted by Gasteiger charge is 2.10. The molecule has 1 amide bonds. The maximum atomic E-state index is 13.1. The summed E-state index contributed by atoms with van der Waals surface area (Å²) in [6.45, 7) is 0.512. The third kappa shape index (κ3) is 7.39. The number of nitrogens with one attached hydrogen (secondary N) is 2. The molecular formula is C27H24FN3O4S2. The molecule has 2 atom stereocenters. The van der Waals surface area contributed by atoms with Crippen LogP contribution in [0.4, 0.5) is 4.39 Å². The van der Waals surface area contributed by atoms with Crippen molar-refractivity contribution in [2.24, 2.45) is 0 Å². The van der Waals surface area contributed by atoms with E-state index in [0.717, 1.165) is 5.56 Å². The van der Waals surface area contributed by atoms with E-state index in [1.807, 2.05) is 12.1 Å². The monoisotopic (exact) mass is 537 g/mol. The fourth-order valence-corrected chi connectivity index (χ4v) is 4.84. The zero-order valence-corrected chi connectivity index (χ0v) is 21.5. The first kappa shape index (κ1) is 26.3. The van der Waals surface area contributed by atoms with Crippen LogP contribution in [0.15, 0.2) is 101 Å². The lowest BCUT2D eigenvalue weighted by molar-refractivity contribution is 0.0949. The second-order valence-electron chi connectivity index (χ2n) is 7.84. The summed E-state index contributed by atoms with van der Waals surface area (Å²) in [5.74, 6) is 0.425. The number of nitrogens with zero attached hydrogens (tertiary/aromatic N) is 1. The van der Waals surface area contributed by atoms with E-state index in [-0.39, 0.29) is 30.5 Å². The third-order valence-corrected chi connectivity index (χ3v) is 7.24. The summed E-state index contributed by atoms with van der Waals surface area (Å²) in [6, 6.07) is 24.9. The zero-order chi connectivity index (χ0) is 26.2. The van der Waals surface area contributed by atoms with E-state index in [4.69, 9.17) is 4.74 Å². The van der Waals surface area contributed by atoms with Crippen LogP contribution in [0, 0.1) is 5.82 Å². The lowest BCUT2D eigenvalue weighted by Gasteiger charge is -2.09. The van der Waals surface area contributed by atoms with Gasteiger partial charge in [-0.1, -0.05) is 12.1 Å². The number of ether oxygens (including phenoxy) is 1. The van der Waals surface area contributed by atoms with Gasteiger partial charge in [0.1, 0.15) is 34.0 Å². The zero-order valence-electron chi connectivity index (χ0n) is 19.8. The molecule has 0 saturated heterocycles. The number of halogens is 1. The Morgan fingerprint density at radius 3 is 2.22 bits per heavy atom. The number of hydrogen-bond donors (Lipinski definition) is 2. The van der Waals surface area contributed by atoms with E-state index >= 15 is 0 Å². The number of rotatable bonds is 10. The molecule has 1 aromatic heterocycles. The summed E-state index contributed by atoms with van der Waals surface area (Å²) in [7, 11) is -2.65. The van der Waals surface area contributed by atoms with Crippen LogP contribution in [0.2, 0.25) is 0 Å². The average Bonchev–Trinajstić information content (AvgIpc) is 2.92. The first-order valence-electron chi connectivity index (χ1n) is 11.3. The maximum Gasteiger partial charge on any atom is 0.269 e. The number of benzene rings is 3. The van der Waals surface area contributed by atoms with Crippen LogP contribution in [0.5, 0.6) is 11.5 Å². The minimum Gasteiger partial charge on any atom is -0.457 e. The number of aromatic nitrogens is 1. The SMILES string of the molecule is CS(=O)c1cccc(S(=O)NCCNC(=O)c2cccc(-c3ccc(Oc4ccc(F)cc4)cc3)n2)c1. The van der Waals surface area contributed by atoms with Gasteiger partial charge < -0.3 is 10.1 Å². The molecule has 0 saturated carbocycles. The summed E-state index contributed by atoms with van der Waals surface area (Å²) < 4.78 is 45.7. The third-order valence-electron chi connectivity index (χ3n) is 5.18. The molecule has 0 aliphatic heterocycles. The molecule has 0 bridgehead atoms. The van der Waals surface area contributed by atoms with Crippen molar-refractivity contribution in [1.29, 1.82) is 0 Å². The topological polar surface area (TPSA) is 97.4 Å².